The predicted octanol–water partition coefficient (Wildman–Crippen LogP) is 3.43. The topological polar surface area (TPSA) is 58.2 Å². The highest BCUT2D eigenvalue weighted by molar-refractivity contribution is 7.99. The van der Waals surface area contributed by atoms with Crippen molar-refractivity contribution in [1.82, 2.24) is 14.9 Å². The number of nitrogens with one attached hydrogen (secondary N) is 1. The number of thioether (sulfide) groups is 1. The third-order valence-electron chi connectivity index (χ3n) is 4.43. The van der Waals surface area contributed by atoms with E-state index in [1.165, 1.54) is 17.3 Å². The number of morpholine rings is 1. The summed E-state index contributed by atoms with van der Waals surface area (Å²) in [6, 6.07) is 10.3. The number of ether oxygens (including phenoxy) is 1. The van der Waals surface area contributed by atoms with E-state index in [2.05, 4.69) is 22.1 Å². The molecule has 1 fully saturated rings. The van der Waals surface area contributed by atoms with E-state index in [4.69, 9.17) is 4.74 Å². The minimum Gasteiger partial charge on any atom is -0.369 e. The first kappa shape index (κ1) is 19.0. The molecular formula is C20H27N3O2S. The number of aromatic amines is 1. The summed E-state index contributed by atoms with van der Waals surface area (Å²) in [7, 11) is 0. The second-order valence-corrected chi connectivity index (χ2v) is 8.49. The highest BCUT2D eigenvalue weighted by atomic mass is 32.2. The van der Waals surface area contributed by atoms with Gasteiger partial charge in [0.25, 0.3) is 0 Å². The van der Waals surface area contributed by atoms with Gasteiger partial charge in [-0.25, -0.2) is 4.98 Å². The Morgan fingerprint density at radius 3 is 2.81 bits per heavy atom. The number of hydrogen-bond acceptors (Lipinski definition) is 4. The van der Waals surface area contributed by atoms with Crippen molar-refractivity contribution >= 4 is 17.7 Å². The zero-order valence-electron chi connectivity index (χ0n) is 15.9. The fourth-order valence-electron chi connectivity index (χ4n) is 3.36. The number of amides is 1. The monoisotopic (exact) mass is 373 g/mol. The van der Waals surface area contributed by atoms with Crippen molar-refractivity contribution in [3.8, 4) is 0 Å². The summed E-state index contributed by atoms with van der Waals surface area (Å²) in [5.74, 6) is 0.525. The number of aryl methyl sites for hydroxylation is 1. The Kier molecular flexibility index (Phi) is 5.73. The number of aromatic nitrogens is 2. The number of H-pyrrole nitrogens is 1. The molecule has 1 aliphatic heterocycles. The summed E-state index contributed by atoms with van der Waals surface area (Å²) in [6.07, 6.45) is 0.864. The van der Waals surface area contributed by atoms with Gasteiger partial charge >= 0.3 is 0 Å². The van der Waals surface area contributed by atoms with E-state index in [9.17, 15) is 4.79 Å². The average Bonchev–Trinajstić information content (AvgIpc) is 2.91. The van der Waals surface area contributed by atoms with Crippen molar-refractivity contribution in [3.63, 3.8) is 0 Å². The molecule has 140 valence electrons. The van der Waals surface area contributed by atoms with E-state index < -0.39 is 0 Å². The molecule has 1 N–H and O–H groups in total. The lowest BCUT2D eigenvalue weighted by Crippen LogP contribution is -2.54. The van der Waals surface area contributed by atoms with Gasteiger partial charge in [0.15, 0.2) is 5.16 Å². The van der Waals surface area contributed by atoms with Gasteiger partial charge in [-0.1, -0.05) is 42.1 Å². The van der Waals surface area contributed by atoms with Gasteiger partial charge in [0.1, 0.15) is 0 Å². The van der Waals surface area contributed by atoms with Gasteiger partial charge in [0, 0.05) is 25.2 Å². The maximum atomic E-state index is 12.6. The molecule has 2 aromatic rings. The average molecular weight is 374 g/mol. The van der Waals surface area contributed by atoms with Crippen LogP contribution in [-0.4, -0.2) is 51.3 Å². The van der Waals surface area contributed by atoms with Gasteiger partial charge < -0.3 is 14.6 Å². The number of benzene rings is 1. The predicted molar refractivity (Wildman–Crippen MR) is 105 cm³/mol. The van der Waals surface area contributed by atoms with Gasteiger partial charge in [-0.3, -0.25) is 4.79 Å². The molecule has 0 aliphatic carbocycles. The molecule has 0 unspecified atom stereocenters. The van der Waals surface area contributed by atoms with E-state index in [0.29, 0.717) is 18.8 Å². The van der Waals surface area contributed by atoms with E-state index in [0.717, 1.165) is 23.0 Å². The number of nitrogens with zero attached hydrogens (tertiary/aromatic N) is 2. The lowest BCUT2D eigenvalue weighted by atomic mass is 10.1. The minimum atomic E-state index is -0.290. The number of carbonyl (C=O) groups is 1. The van der Waals surface area contributed by atoms with Crippen LogP contribution in [0.15, 0.2) is 35.5 Å². The van der Waals surface area contributed by atoms with Crippen LogP contribution < -0.4 is 0 Å². The van der Waals surface area contributed by atoms with Crippen LogP contribution in [0.1, 0.15) is 37.7 Å². The summed E-state index contributed by atoms with van der Waals surface area (Å²) in [4.78, 5) is 22.5. The summed E-state index contributed by atoms with van der Waals surface area (Å²) in [5.41, 5.74) is 3.04. The minimum absolute atomic E-state index is 0.0658. The lowest BCUT2D eigenvalue weighted by Gasteiger charge is -2.41. The molecule has 1 saturated heterocycles. The molecule has 2 heterocycles. The Bertz CT molecular complexity index is 758. The van der Waals surface area contributed by atoms with E-state index in [-0.39, 0.29) is 17.6 Å². The van der Waals surface area contributed by atoms with Crippen molar-refractivity contribution in [2.45, 2.75) is 51.0 Å². The molecule has 26 heavy (non-hydrogen) atoms. The first-order valence-electron chi connectivity index (χ1n) is 9.00. The zero-order valence-corrected chi connectivity index (χ0v) is 16.7. The zero-order chi connectivity index (χ0) is 18.7. The molecule has 1 aromatic heterocycles. The molecule has 3 rings (SSSR count). The second-order valence-electron chi connectivity index (χ2n) is 7.53. The molecule has 1 amide bonds. The first-order valence-corrected chi connectivity index (χ1v) is 9.99. The standard InChI is InChI=1S/C20H27N3O2S/c1-14-11-23(13-20(3,4)25-14)18(24)12-26-19-21-15(2)17(22-19)10-16-8-6-5-7-9-16/h5-9,14H,10-13H2,1-4H3,(H,21,22)/t14-/m0/s1. The first-order chi connectivity index (χ1) is 12.3. The van der Waals surface area contributed by atoms with Crippen LogP contribution in [0.5, 0.6) is 0 Å². The van der Waals surface area contributed by atoms with Crippen LogP contribution in [0.3, 0.4) is 0 Å². The van der Waals surface area contributed by atoms with Crippen molar-refractivity contribution in [3.05, 3.63) is 47.3 Å². The Labute approximate surface area is 159 Å². The largest absolute Gasteiger partial charge is 0.369 e. The van der Waals surface area contributed by atoms with Gasteiger partial charge in [0.2, 0.25) is 5.91 Å². The fraction of sp³-hybridized carbons (Fsp3) is 0.500. The van der Waals surface area contributed by atoms with Crippen molar-refractivity contribution in [1.29, 1.82) is 0 Å². The number of imidazole rings is 1. The molecule has 1 aliphatic rings. The third-order valence-corrected chi connectivity index (χ3v) is 5.29. The van der Waals surface area contributed by atoms with E-state index in [1.807, 2.05) is 50.8 Å². The molecule has 0 spiro atoms. The molecule has 0 saturated carbocycles. The fourth-order valence-corrected chi connectivity index (χ4v) is 4.20. The third kappa shape index (κ3) is 4.89. The number of carbonyl (C=O) groups excluding carboxylic acids is 1. The maximum Gasteiger partial charge on any atom is 0.233 e. The maximum absolute atomic E-state index is 12.6. The summed E-state index contributed by atoms with van der Waals surface area (Å²) in [6.45, 7) is 9.39. The molecule has 1 atom stereocenters. The molecule has 5 nitrogen and oxygen atoms in total. The highest BCUT2D eigenvalue weighted by Gasteiger charge is 2.33. The van der Waals surface area contributed by atoms with Crippen LogP contribution >= 0.6 is 11.8 Å². The summed E-state index contributed by atoms with van der Waals surface area (Å²) < 4.78 is 5.87. The summed E-state index contributed by atoms with van der Waals surface area (Å²) >= 11 is 1.47. The summed E-state index contributed by atoms with van der Waals surface area (Å²) in [5, 5.41) is 0.808. The van der Waals surface area contributed by atoms with Gasteiger partial charge in [-0.15, -0.1) is 0 Å². The number of hydrogen-bond donors (Lipinski definition) is 1. The van der Waals surface area contributed by atoms with Crippen LogP contribution in [0.4, 0.5) is 0 Å². The SMILES string of the molecule is Cc1[nH]c(SCC(=O)N2C[C@H](C)OC(C)(C)C2)nc1Cc1ccccc1. The van der Waals surface area contributed by atoms with Crippen molar-refractivity contribution in [2.75, 3.05) is 18.8 Å². The van der Waals surface area contributed by atoms with Crippen molar-refractivity contribution < 1.29 is 9.53 Å². The second kappa shape index (κ2) is 7.84. The Balaban J connectivity index is 1.58. The van der Waals surface area contributed by atoms with Crippen LogP contribution in [-0.2, 0) is 16.0 Å². The Morgan fingerprint density at radius 2 is 2.12 bits per heavy atom. The van der Waals surface area contributed by atoms with Crippen LogP contribution in [0.25, 0.3) is 0 Å². The van der Waals surface area contributed by atoms with Crippen LogP contribution in [0, 0.1) is 6.92 Å². The Hall–Kier alpha value is -1.79. The molecule has 0 bridgehead atoms. The van der Waals surface area contributed by atoms with Crippen molar-refractivity contribution in [2.24, 2.45) is 0 Å². The molecule has 1 aromatic carbocycles. The van der Waals surface area contributed by atoms with Gasteiger partial charge in [-0.2, -0.15) is 0 Å². The molecule has 6 heteroatoms. The normalized spacial score (nSPS) is 19.5. The quantitative estimate of drug-likeness (QED) is 0.816. The molecular weight excluding hydrogens is 346 g/mol. The number of rotatable bonds is 5. The molecule has 0 radical (unpaired) electrons. The van der Waals surface area contributed by atoms with Gasteiger partial charge in [0.05, 0.1) is 23.2 Å². The Morgan fingerprint density at radius 1 is 1.38 bits per heavy atom. The van der Waals surface area contributed by atoms with Crippen LogP contribution in [0.2, 0.25) is 0 Å². The van der Waals surface area contributed by atoms with Gasteiger partial charge in [-0.05, 0) is 33.3 Å². The lowest BCUT2D eigenvalue weighted by molar-refractivity contribution is -0.155. The highest BCUT2D eigenvalue weighted by Crippen LogP contribution is 2.23. The van der Waals surface area contributed by atoms with E-state index in [1.54, 1.807) is 0 Å². The smallest absolute Gasteiger partial charge is 0.233 e. The van der Waals surface area contributed by atoms with E-state index >= 15 is 0 Å².